The summed E-state index contributed by atoms with van der Waals surface area (Å²) >= 11 is 0. The van der Waals surface area contributed by atoms with Crippen LogP contribution in [0.1, 0.15) is 58.0 Å². The first-order valence-electron chi connectivity index (χ1n) is 22.7. The van der Waals surface area contributed by atoms with Crippen LogP contribution in [0.15, 0.2) is 140 Å². The van der Waals surface area contributed by atoms with Crippen LogP contribution in [0, 0.1) is 33.8 Å². The third-order valence-electron chi connectivity index (χ3n) is 12.9. The highest BCUT2D eigenvalue weighted by Crippen LogP contribution is 2.66. The number of fused-ring (bicyclic) bond motifs is 3. The monoisotopic (exact) mass is 976 g/mol. The minimum Gasteiger partial charge on any atom is -0.491 e. The van der Waals surface area contributed by atoms with Gasteiger partial charge in [-0.05, 0) is 58.7 Å². The summed E-state index contributed by atoms with van der Waals surface area (Å²) in [6, 6.07) is 30.7. The topological polar surface area (TPSA) is 230 Å². The number of morpholine rings is 1. The fourth-order valence-corrected chi connectivity index (χ4v) is 9.94. The van der Waals surface area contributed by atoms with Crippen molar-refractivity contribution < 1.29 is 62.5 Å². The summed E-state index contributed by atoms with van der Waals surface area (Å²) in [6.07, 6.45) is -1.13. The van der Waals surface area contributed by atoms with Gasteiger partial charge in [-0.3, -0.25) is 39.0 Å². The Morgan fingerprint density at radius 3 is 2.18 bits per heavy atom. The number of nitro groups is 1. The number of anilines is 1. The van der Waals surface area contributed by atoms with Crippen molar-refractivity contribution in [1.29, 1.82) is 0 Å². The Morgan fingerprint density at radius 2 is 1.54 bits per heavy atom. The van der Waals surface area contributed by atoms with Crippen molar-refractivity contribution in [2.45, 2.75) is 42.7 Å². The first-order chi connectivity index (χ1) is 34.9. The van der Waals surface area contributed by atoms with Gasteiger partial charge in [0.2, 0.25) is 11.8 Å². The Labute approximate surface area is 413 Å². The number of para-hydroxylation sites is 1. The third-order valence-corrected chi connectivity index (χ3v) is 12.9. The van der Waals surface area contributed by atoms with E-state index in [1.807, 2.05) is 36.4 Å². The molecule has 2 N–H and O–H groups in total. The van der Waals surface area contributed by atoms with Crippen LogP contribution in [0.4, 0.5) is 16.2 Å². The molecule has 18 heteroatoms. The predicted octanol–water partition coefficient (Wildman–Crippen LogP) is 5.97. The molecule has 1 spiro atoms. The maximum Gasteiger partial charge on any atom is 0.421 e. The number of hydrogen-bond donors (Lipinski definition) is 2. The number of carbonyl (C=O) groups excluding carboxylic acids is 6. The van der Waals surface area contributed by atoms with Crippen LogP contribution >= 0.6 is 0 Å². The van der Waals surface area contributed by atoms with Gasteiger partial charge in [0.1, 0.15) is 36.5 Å². The standard InChI is InChI=1S/C54H48N4O14/c1-4-28-55-48(60)43-45-51(63)72-46(36-17-9-6-10-18-36)44(35-15-7-5-8-16-35)57(45)47(38-19-11-12-21-42(38)70-30-29-59)54(43)40-31-33(14-13-20-39(49(61)68-2)50(62)69-3)24-27-41(40)56(52(54)64)53(65)71-32-34-22-25-37(26-23-34)58(66)67/h4-12,15-19,21-27,31,39,43-47,59H,1,20,28-30,32H2,2-3H3,(H,55,60). The molecule has 18 nitrogen and oxygen atoms in total. The number of amides is 3. The largest absolute Gasteiger partial charge is 0.491 e. The van der Waals surface area contributed by atoms with Crippen molar-refractivity contribution in [2.24, 2.45) is 11.8 Å². The Hall–Kier alpha value is -8.66. The summed E-state index contributed by atoms with van der Waals surface area (Å²) in [5.74, 6) is -1.49. The van der Waals surface area contributed by atoms with E-state index in [1.54, 1.807) is 53.4 Å². The van der Waals surface area contributed by atoms with E-state index in [0.29, 0.717) is 22.3 Å². The number of imide groups is 1. The zero-order valence-electron chi connectivity index (χ0n) is 39.0. The van der Waals surface area contributed by atoms with Crippen molar-refractivity contribution in [3.8, 4) is 17.6 Å². The van der Waals surface area contributed by atoms with Crippen molar-refractivity contribution >= 4 is 47.2 Å². The molecule has 6 atom stereocenters. The van der Waals surface area contributed by atoms with Crippen molar-refractivity contribution in [3.05, 3.63) is 184 Å². The SMILES string of the molecule is C=CCNC(=O)C1C2C(=O)OC(c3ccccc3)C(c3ccccc3)N2C(c2ccccc2OCCO)C12C(=O)N(C(=O)OCc1ccc([N+](=O)[O-])cc1)c1ccc(C#CCC(C(=O)OC)C(=O)OC)cc12. The lowest BCUT2D eigenvalue weighted by Gasteiger charge is -2.46. The van der Waals surface area contributed by atoms with Gasteiger partial charge in [0.25, 0.3) is 5.69 Å². The minimum atomic E-state index is -2.27. The summed E-state index contributed by atoms with van der Waals surface area (Å²) in [5, 5.41) is 24.3. The Bertz CT molecular complexity index is 2960. The zero-order chi connectivity index (χ0) is 51.1. The van der Waals surface area contributed by atoms with Crippen LogP contribution < -0.4 is 15.0 Å². The van der Waals surface area contributed by atoms with E-state index in [4.69, 9.17) is 23.7 Å². The van der Waals surface area contributed by atoms with Crippen LogP contribution in [0.5, 0.6) is 5.75 Å². The highest BCUT2D eigenvalue weighted by Gasteiger charge is 2.76. The maximum absolute atomic E-state index is 16.5. The molecule has 72 heavy (non-hydrogen) atoms. The minimum absolute atomic E-state index is 0.0365. The van der Waals surface area contributed by atoms with Gasteiger partial charge in [-0.25, -0.2) is 9.69 Å². The van der Waals surface area contributed by atoms with E-state index in [1.165, 1.54) is 48.5 Å². The third kappa shape index (κ3) is 9.14. The number of non-ortho nitro benzene ring substituents is 1. The van der Waals surface area contributed by atoms with Gasteiger partial charge in [0.05, 0.1) is 49.4 Å². The number of methoxy groups -OCH3 is 2. The van der Waals surface area contributed by atoms with E-state index in [0.717, 1.165) is 19.1 Å². The van der Waals surface area contributed by atoms with E-state index in [2.05, 4.69) is 23.7 Å². The fraction of sp³-hybridized carbons (Fsp3) is 0.259. The number of nitrogens with zero attached hydrogens (tertiary/aromatic N) is 3. The Balaban J connectivity index is 1.42. The highest BCUT2D eigenvalue weighted by atomic mass is 16.6. The first-order valence-corrected chi connectivity index (χ1v) is 22.7. The second-order valence-corrected chi connectivity index (χ2v) is 16.9. The number of aliphatic hydroxyl groups excluding tert-OH is 1. The molecule has 0 aliphatic carbocycles. The second-order valence-electron chi connectivity index (χ2n) is 16.9. The van der Waals surface area contributed by atoms with Gasteiger partial charge in [-0.1, -0.05) is 96.8 Å². The molecular formula is C54H48N4O14. The number of aliphatic hydroxyl groups is 1. The van der Waals surface area contributed by atoms with Crippen molar-refractivity contribution in [3.63, 3.8) is 0 Å². The lowest BCUT2D eigenvalue weighted by atomic mass is 9.65. The molecule has 6 unspecified atom stereocenters. The summed E-state index contributed by atoms with van der Waals surface area (Å²) in [7, 11) is 2.23. The average molecular weight is 977 g/mol. The number of ether oxygens (including phenoxy) is 5. The van der Waals surface area contributed by atoms with Gasteiger partial charge in [0.15, 0.2) is 5.92 Å². The maximum atomic E-state index is 16.5. The molecule has 3 amide bonds. The van der Waals surface area contributed by atoms with Gasteiger partial charge in [0, 0.05) is 36.2 Å². The van der Waals surface area contributed by atoms with Crippen LogP contribution in [0.2, 0.25) is 0 Å². The lowest BCUT2D eigenvalue weighted by Crippen LogP contribution is -2.55. The predicted molar refractivity (Wildman–Crippen MR) is 256 cm³/mol. The molecule has 3 aliphatic rings. The van der Waals surface area contributed by atoms with Crippen LogP contribution in [-0.2, 0) is 54.9 Å². The number of cyclic esters (lactones) is 1. The quantitative estimate of drug-likeness (QED) is 0.0234. The molecule has 368 valence electrons. The zero-order valence-corrected chi connectivity index (χ0v) is 39.0. The number of rotatable bonds is 15. The molecule has 3 aliphatic heterocycles. The van der Waals surface area contributed by atoms with Gasteiger partial charge >= 0.3 is 24.0 Å². The molecular weight excluding hydrogens is 929 g/mol. The molecule has 0 saturated carbocycles. The molecule has 5 aromatic carbocycles. The summed E-state index contributed by atoms with van der Waals surface area (Å²) in [5.41, 5.74) is -0.347. The molecule has 2 saturated heterocycles. The highest BCUT2D eigenvalue weighted by molar-refractivity contribution is 6.23. The number of nitrogens with one attached hydrogen (secondary N) is 1. The molecule has 0 bridgehead atoms. The average Bonchev–Trinajstić information content (AvgIpc) is 3.86. The van der Waals surface area contributed by atoms with Crippen molar-refractivity contribution in [1.82, 2.24) is 10.2 Å². The molecule has 2 fully saturated rings. The Kier molecular flexibility index (Phi) is 14.9. The van der Waals surface area contributed by atoms with E-state index >= 15 is 14.4 Å². The molecule has 3 heterocycles. The van der Waals surface area contributed by atoms with Crippen molar-refractivity contribution in [2.75, 3.05) is 38.9 Å². The number of benzene rings is 5. The summed E-state index contributed by atoms with van der Waals surface area (Å²) in [4.78, 5) is 101. The molecule has 0 radical (unpaired) electrons. The normalized spacial score (nSPS) is 20.8. The van der Waals surface area contributed by atoms with E-state index in [9.17, 15) is 29.6 Å². The fourth-order valence-electron chi connectivity index (χ4n) is 9.94. The first kappa shape index (κ1) is 49.8. The number of carbonyl (C=O) groups is 6. The second kappa shape index (κ2) is 21.5. The smallest absolute Gasteiger partial charge is 0.421 e. The number of esters is 3. The van der Waals surface area contributed by atoms with Gasteiger partial charge in [-0.2, -0.15) is 0 Å². The van der Waals surface area contributed by atoms with Gasteiger partial charge < -0.3 is 34.1 Å². The van der Waals surface area contributed by atoms with Crippen LogP contribution in [-0.4, -0.2) is 90.8 Å². The summed E-state index contributed by atoms with van der Waals surface area (Å²) < 4.78 is 28.2. The number of nitro benzene ring substituents is 1. The van der Waals surface area contributed by atoms with Crippen LogP contribution in [0.25, 0.3) is 0 Å². The Morgan fingerprint density at radius 1 is 0.889 bits per heavy atom. The molecule has 8 rings (SSSR count). The van der Waals surface area contributed by atoms with Gasteiger partial charge in [-0.15, -0.1) is 6.58 Å². The number of hydrogen-bond acceptors (Lipinski definition) is 15. The van der Waals surface area contributed by atoms with Crippen LogP contribution in [0.3, 0.4) is 0 Å². The van der Waals surface area contributed by atoms with E-state index < -0.39 is 95.4 Å². The summed E-state index contributed by atoms with van der Waals surface area (Å²) in [6.45, 7) is 2.65. The molecule has 0 aromatic heterocycles. The van der Waals surface area contributed by atoms with E-state index in [-0.39, 0.29) is 47.8 Å². The molecule has 5 aromatic rings. The lowest BCUT2D eigenvalue weighted by molar-refractivity contribution is -0.384.